The van der Waals surface area contributed by atoms with E-state index in [0.29, 0.717) is 6.42 Å². The summed E-state index contributed by atoms with van der Waals surface area (Å²) < 4.78 is 0. The van der Waals surface area contributed by atoms with Gasteiger partial charge in [-0.1, -0.05) is 20.3 Å². The van der Waals surface area contributed by atoms with E-state index in [2.05, 4.69) is 5.32 Å². The number of nitrogens with one attached hydrogen (secondary N) is 1. The van der Waals surface area contributed by atoms with Crippen molar-refractivity contribution in [2.24, 2.45) is 11.7 Å². The molecule has 0 fully saturated rings. The second-order valence-electron chi connectivity index (χ2n) is 4.09. The van der Waals surface area contributed by atoms with Crippen LogP contribution in [0.25, 0.3) is 0 Å². The molecule has 0 aliphatic heterocycles. The topological polar surface area (TPSA) is 109 Å². The third kappa shape index (κ3) is 6.55. The van der Waals surface area contributed by atoms with Crippen LogP contribution in [-0.4, -0.2) is 28.9 Å². The highest BCUT2D eigenvalue weighted by Gasteiger charge is 2.22. The molecule has 0 aromatic rings. The van der Waals surface area contributed by atoms with E-state index in [1.165, 1.54) is 0 Å². The number of nitrogens with two attached hydrogens (primary N) is 1. The molecule has 0 bridgehead atoms. The van der Waals surface area contributed by atoms with Crippen LogP contribution in [0.1, 0.15) is 39.5 Å². The number of rotatable bonds is 8. The third-order valence-electron chi connectivity index (χ3n) is 2.46. The van der Waals surface area contributed by atoms with Crippen molar-refractivity contribution in [2.75, 3.05) is 0 Å². The molecule has 2 amide bonds. The minimum Gasteiger partial charge on any atom is -0.480 e. The summed E-state index contributed by atoms with van der Waals surface area (Å²) in [6.07, 6.45) is 1.52. The summed E-state index contributed by atoms with van der Waals surface area (Å²) in [7, 11) is 0. The average Bonchev–Trinajstić information content (AvgIpc) is 2.23. The number of hydrogen-bond acceptors (Lipinski definition) is 3. The molecule has 0 aliphatic rings. The lowest BCUT2D eigenvalue weighted by atomic mass is 10.0. The van der Waals surface area contributed by atoms with Gasteiger partial charge in [0.25, 0.3) is 0 Å². The first-order chi connectivity index (χ1) is 7.88. The minimum atomic E-state index is -1.15. The Hall–Kier alpha value is -1.59. The van der Waals surface area contributed by atoms with E-state index in [9.17, 15) is 14.4 Å². The summed E-state index contributed by atoms with van der Waals surface area (Å²) in [6, 6.07) is -1.05. The maximum atomic E-state index is 11.6. The van der Waals surface area contributed by atoms with Gasteiger partial charge in [-0.05, 0) is 12.8 Å². The smallest absolute Gasteiger partial charge is 0.326 e. The number of carbonyl (C=O) groups excluding carboxylic acids is 2. The normalized spacial score (nSPS) is 13.8. The Balaban J connectivity index is 4.29. The molecule has 4 N–H and O–H groups in total. The second-order valence-corrected chi connectivity index (χ2v) is 4.09. The van der Waals surface area contributed by atoms with Crippen LogP contribution in [0.2, 0.25) is 0 Å². The molecule has 6 nitrogen and oxygen atoms in total. The third-order valence-corrected chi connectivity index (χ3v) is 2.46. The van der Waals surface area contributed by atoms with Gasteiger partial charge in [-0.25, -0.2) is 4.79 Å². The Morgan fingerprint density at radius 1 is 1.29 bits per heavy atom. The first-order valence-corrected chi connectivity index (χ1v) is 5.70. The number of aliphatic carboxylic acids is 1. The van der Waals surface area contributed by atoms with E-state index < -0.39 is 17.9 Å². The maximum Gasteiger partial charge on any atom is 0.326 e. The van der Waals surface area contributed by atoms with Crippen molar-refractivity contribution in [3.05, 3.63) is 0 Å². The van der Waals surface area contributed by atoms with Crippen LogP contribution < -0.4 is 11.1 Å². The van der Waals surface area contributed by atoms with Gasteiger partial charge in [0.1, 0.15) is 6.04 Å². The Kier molecular flexibility index (Phi) is 6.93. The molecule has 0 rings (SSSR count). The zero-order chi connectivity index (χ0) is 13.4. The van der Waals surface area contributed by atoms with Gasteiger partial charge in [-0.3, -0.25) is 9.59 Å². The van der Waals surface area contributed by atoms with Crippen molar-refractivity contribution in [3.8, 4) is 0 Å². The molecule has 0 heterocycles. The molecule has 0 spiro atoms. The molecule has 0 radical (unpaired) electrons. The minimum absolute atomic E-state index is 0.0231. The van der Waals surface area contributed by atoms with Crippen LogP contribution in [0.15, 0.2) is 0 Å². The maximum absolute atomic E-state index is 11.6. The van der Waals surface area contributed by atoms with E-state index >= 15 is 0 Å². The van der Waals surface area contributed by atoms with Gasteiger partial charge in [0.05, 0.1) is 0 Å². The van der Waals surface area contributed by atoms with Crippen LogP contribution in [0, 0.1) is 5.92 Å². The summed E-state index contributed by atoms with van der Waals surface area (Å²) in [5, 5.41) is 11.3. The Labute approximate surface area is 101 Å². The first-order valence-electron chi connectivity index (χ1n) is 5.70. The van der Waals surface area contributed by atoms with Crippen molar-refractivity contribution in [2.45, 2.75) is 45.6 Å². The molecule has 98 valence electrons. The summed E-state index contributed by atoms with van der Waals surface area (Å²) in [6.45, 7) is 3.69. The highest BCUT2D eigenvalue weighted by atomic mass is 16.4. The van der Waals surface area contributed by atoms with Crippen molar-refractivity contribution in [1.82, 2.24) is 5.32 Å². The lowest BCUT2D eigenvalue weighted by Gasteiger charge is -2.16. The molecule has 0 aromatic heterocycles. The molecular weight excluding hydrogens is 224 g/mol. The average molecular weight is 244 g/mol. The fourth-order valence-electron chi connectivity index (χ4n) is 1.42. The van der Waals surface area contributed by atoms with Gasteiger partial charge in [0, 0.05) is 12.3 Å². The molecule has 2 atom stereocenters. The zero-order valence-corrected chi connectivity index (χ0v) is 10.2. The van der Waals surface area contributed by atoms with Crippen LogP contribution in [0.4, 0.5) is 0 Å². The van der Waals surface area contributed by atoms with Gasteiger partial charge in [-0.2, -0.15) is 0 Å². The second kappa shape index (κ2) is 7.65. The van der Waals surface area contributed by atoms with Crippen LogP contribution >= 0.6 is 0 Å². The highest BCUT2D eigenvalue weighted by Crippen LogP contribution is 2.06. The SMILES string of the molecule is CCCC(C)C(=O)N[C@H](CCC(N)=O)C(=O)O. The quantitative estimate of drug-likeness (QED) is 0.568. The predicted molar refractivity (Wildman–Crippen MR) is 62.1 cm³/mol. The van der Waals surface area contributed by atoms with Gasteiger partial charge in [-0.15, -0.1) is 0 Å². The summed E-state index contributed by atoms with van der Waals surface area (Å²) in [5.41, 5.74) is 4.93. The monoisotopic (exact) mass is 244 g/mol. The van der Waals surface area contributed by atoms with Crippen LogP contribution in [0.5, 0.6) is 0 Å². The van der Waals surface area contributed by atoms with E-state index in [1.807, 2.05) is 6.92 Å². The fraction of sp³-hybridized carbons (Fsp3) is 0.727. The van der Waals surface area contributed by atoms with E-state index in [4.69, 9.17) is 10.8 Å². The summed E-state index contributed by atoms with van der Waals surface area (Å²) in [5.74, 6) is -2.26. The van der Waals surface area contributed by atoms with Crippen molar-refractivity contribution in [3.63, 3.8) is 0 Å². The molecule has 0 aliphatic carbocycles. The Morgan fingerprint density at radius 3 is 2.29 bits per heavy atom. The zero-order valence-electron chi connectivity index (χ0n) is 10.2. The highest BCUT2D eigenvalue weighted by molar-refractivity contribution is 5.85. The van der Waals surface area contributed by atoms with Gasteiger partial charge >= 0.3 is 5.97 Å². The fourth-order valence-corrected chi connectivity index (χ4v) is 1.42. The van der Waals surface area contributed by atoms with Crippen molar-refractivity contribution < 1.29 is 19.5 Å². The number of carbonyl (C=O) groups is 3. The van der Waals surface area contributed by atoms with E-state index in [0.717, 1.165) is 6.42 Å². The Morgan fingerprint density at radius 2 is 1.88 bits per heavy atom. The first kappa shape index (κ1) is 15.4. The van der Waals surface area contributed by atoms with Crippen molar-refractivity contribution in [1.29, 1.82) is 0 Å². The number of hydrogen-bond donors (Lipinski definition) is 3. The predicted octanol–water partition coefficient (Wildman–Crippen LogP) is 0.258. The van der Waals surface area contributed by atoms with Gasteiger partial charge in [0.15, 0.2) is 0 Å². The molecule has 0 saturated heterocycles. The number of carboxylic acids is 1. The van der Waals surface area contributed by atoms with E-state index in [-0.39, 0.29) is 24.7 Å². The molecule has 0 saturated carbocycles. The number of amides is 2. The number of primary amides is 1. The van der Waals surface area contributed by atoms with Crippen LogP contribution in [0.3, 0.4) is 0 Å². The molecular formula is C11H20N2O4. The molecule has 0 aromatic carbocycles. The van der Waals surface area contributed by atoms with Gasteiger partial charge < -0.3 is 16.2 Å². The van der Waals surface area contributed by atoms with Gasteiger partial charge in [0.2, 0.25) is 11.8 Å². The summed E-state index contributed by atoms with van der Waals surface area (Å²) >= 11 is 0. The standard InChI is InChI=1S/C11H20N2O4/c1-3-4-7(2)10(15)13-8(11(16)17)5-6-9(12)14/h7-8H,3-6H2,1-2H3,(H2,12,14)(H,13,15)(H,16,17)/t7?,8-/m1/s1. The largest absolute Gasteiger partial charge is 0.480 e. The number of carboxylic acid groups (broad SMARTS) is 1. The Bertz CT molecular complexity index is 291. The lowest BCUT2D eigenvalue weighted by Crippen LogP contribution is -2.43. The molecule has 6 heteroatoms. The summed E-state index contributed by atoms with van der Waals surface area (Å²) in [4.78, 5) is 33.0. The molecule has 17 heavy (non-hydrogen) atoms. The lowest BCUT2D eigenvalue weighted by molar-refractivity contribution is -0.142. The van der Waals surface area contributed by atoms with Crippen LogP contribution in [-0.2, 0) is 14.4 Å². The van der Waals surface area contributed by atoms with E-state index in [1.54, 1.807) is 6.92 Å². The van der Waals surface area contributed by atoms with Crippen molar-refractivity contribution >= 4 is 17.8 Å². The molecule has 1 unspecified atom stereocenters.